The molecule has 10 nitrogen and oxygen atoms in total. The minimum Gasteiger partial charge on any atom is -0.481 e. The maximum Gasteiger partial charge on any atom is 0.303 e. The Hall–Kier alpha value is -1.30. The molecule has 0 aromatic carbocycles. The van der Waals surface area contributed by atoms with Crippen LogP contribution in [-0.2, 0) is 33.3 Å². The van der Waals surface area contributed by atoms with Gasteiger partial charge in [0.2, 0.25) is 5.91 Å². The Morgan fingerprint density at radius 3 is 1.54 bits per heavy atom. The summed E-state index contributed by atoms with van der Waals surface area (Å²) in [5.74, 6) is -1.28. The van der Waals surface area contributed by atoms with Gasteiger partial charge in [-0.15, -0.1) is 0 Å². The predicted molar refractivity (Wildman–Crippen MR) is 93.0 cm³/mol. The number of carboxylic acid groups (broad SMARTS) is 1. The lowest BCUT2D eigenvalue weighted by atomic mass is 10.3. The largest absolute Gasteiger partial charge is 0.481 e. The van der Waals surface area contributed by atoms with Crippen LogP contribution in [0.1, 0.15) is 12.8 Å². The number of hydrogen-bond acceptors (Lipinski definition) is 8. The Morgan fingerprint density at radius 2 is 1.12 bits per heavy atom. The molecule has 0 bridgehead atoms. The average Bonchev–Trinajstić information content (AvgIpc) is 2.62. The van der Waals surface area contributed by atoms with E-state index in [1.165, 1.54) is 0 Å². The van der Waals surface area contributed by atoms with Gasteiger partial charge in [0.25, 0.3) is 0 Å². The fourth-order valence-corrected chi connectivity index (χ4v) is 1.64. The van der Waals surface area contributed by atoms with Crippen molar-refractivity contribution < 1.29 is 38.4 Å². The number of hydrogen-bond donors (Lipinski definition) is 3. The number of ether oxygens (including phenoxy) is 5. The number of rotatable bonds is 20. The molecule has 0 radical (unpaired) electrons. The zero-order chi connectivity index (χ0) is 19.3. The second kappa shape index (κ2) is 20.0. The van der Waals surface area contributed by atoms with Crippen molar-refractivity contribution in [1.82, 2.24) is 5.32 Å². The second-order valence-electron chi connectivity index (χ2n) is 5.09. The molecule has 0 aromatic rings. The third-order valence-corrected chi connectivity index (χ3v) is 2.88. The molecule has 0 fully saturated rings. The predicted octanol–water partition coefficient (Wildman–Crippen LogP) is -0.991. The summed E-state index contributed by atoms with van der Waals surface area (Å²) in [5.41, 5.74) is 5.28. The fraction of sp³-hybridized carbons (Fsp3) is 0.875. The Balaban J connectivity index is 3.09. The van der Waals surface area contributed by atoms with Gasteiger partial charge in [0, 0.05) is 19.5 Å². The summed E-state index contributed by atoms with van der Waals surface area (Å²) in [4.78, 5) is 21.5. The van der Waals surface area contributed by atoms with Crippen LogP contribution < -0.4 is 11.1 Å². The highest BCUT2D eigenvalue weighted by molar-refractivity contribution is 5.80. The van der Waals surface area contributed by atoms with Crippen LogP contribution in [0.5, 0.6) is 0 Å². The van der Waals surface area contributed by atoms with E-state index in [2.05, 4.69) is 5.32 Å². The molecule has 0 heterocycles. The van der Waals surface area contributed by atoms with Crippen LogP contribution in [0.3, 0.4) is 0 Å². The van der Waals surface area contributed by atoms with E-state index in [0.717, 1.165) is 0 Å². The summed E-state index contributed by atoms with van der Waals surface area (Å²) in [7, 11) is 0. The number of carbonyl (C=O) groups excluding carboxylic acids is 1. The minimum absolute atomic E-state index is 0.0223. The lowest BCUT2D eigenvalue weighted by molar-refractivity contribution is -0.138. The van der Waals surface area contributed by atoms with Gasteiger partial charge in [-0.05, 0) is 0 Å². The van der Waals surface area contributed by atoms with E-state index >= 15 is 0 Å². The quantitative estimate of drug-likeness (QED) is 0.227. The van der Waals surface area contributed by atoms with Crippen LogP contribution in [0.25, 0.3) is 0 Å². The Bertz CT molecular complexity index is 344. The van der Waals surface area contributed by atoms with Crippen LogP contribution >= 0.6 is 0 Å². The van der Waals surface area contributed by atoms with Crippen molar-refractivity contribution >= 4 is 11.9 Å². The van der Waals surface area contributed by atoms with Gasteiger partial charge in [-0.3, -0.25) is 9.59 Å². The van der Waals surface area contributed by atoms with Gasteiger partial charge in [0.05, 0.1) is 72.5 Å². The summed E-state index contributed by atoms with van der Waals surface area (Å²) in [5, 5.41) is 11.0. The molecule has 0 aliphatic rings. The van der Waals surface area contributed by atoms with Gasteiger partial charge < -0.3 is 39.8 Å². The molecule has 0 unspecified atom stereocenters. The third-order valence-electron chi connectivity index (χ3n) is 2.88. The van der Waals surface area contributed by atoms with E-state index in [-0.39, 0.29) is 18.7 Å². The van der Waals surface area contributed by atoms with Crippen molar-refractivity contribution in [3.05, 3.63) is 0 Å². The van der Waals surface area contributed by atoms with Crippen molar-refractivity contribution in [2.24, 2.45) is 5.73 Å². The van der Waals surface area contributed by atoms with E-state index in [9.17, 15) is 9.59 Å². The summed E-state index contributed by atoms with van der Waals surface area (Å²) in [6.07, 6.45) is -0.191. The summed E-state index contributed by atoms with van der Waals surface area (Å²) >= 11 is 0. The van der Waals surface area contributed by atoms with Crippen molar-refractivity contribution in [3.8, 4) is 0 Å². The molecule has 10 heteroatoms. The van der Waals surface area contributed by atoms with Crippen molar-refractivity contribution in [1.29, 1.82) is 0 Å². The van der Waals surface area contributed by atoms with Crippen LogP contribution in [0.15, 0.2) is 0 Å². The zero-order valence-corrected chi connectivity index (χ0v) is 15.3. The molecule has 0 saturated heterocycles. The maximum atomic E-state index is 11.2. The van der Waals surface area contributed by atoms with Crippen LogP contribution in [0.4, 0.5) is 0 Å². The molecule has 0 spiro atoms. The molecular formula is C16H32N2O8. The first kappa shape index (κ1) is 24.7. The first-order valence-electron chi connectivity index (χ1n) is 8.74. The average molecular weight is 380 g/mol. The van der Waals surface area contributed by atoms with Gasteiger partial charge in [-0.2, -0.15) is 0 Å². The van der Waals surface area contributed by atoms with Gasteiger partial charge in [0.1, 0.15) is 0 Å². The van der Waals surface area contributed by atoms with Crippen LogP contribution in [0, 0.1) is 0 Å². The standard InChI is InChI=1S/C16H32N2O8/c17-3-5-22-7-9-24-11-13-26-14-12-25-10-8-23-6-4-18-15(19)1-2-16(20)21/h1-14,17H2,(H,18,19)(H,20,21). The minimum atomic E-state index is -0.988. The summed E-state index contributed by atoms with van der Waals surface area (Å²) in [6, 6.07) is 0. The topological polar surface area (TPSA) is 139 Å². The monoisotopic (exact) mass is 380 g/mol. The number of nitrogens with one attached hydrogen (secondary N) is 1. The van der Waals surface area contributed by atoms with Gasteiger partial charge >= 0.3 is 5.97 Å². The molecule has 0 rings (SSSR count). The SMILES string of the molecule is NCCOCCOCCOCCOCCOCCNC(=O)CCC(=O)O. The molecule has 154 valence electrons. The number of carbonyl (C=O) groups is 2. The molecule has 0 aliphatic carbocycles. The van der Waals surface area contributed by atoms with Gasteiger partial charge in [0.15, 0.2) is 0 Å². The number of aliphatic carboxylic acids is 1. The molecule has 0 saturated carbocycles. The zero-order valence-electron chi connectivity index (χ0n) is 15.3. The molecular weight excluding hydrogens is 348 g/mol. The summed E-state index contributed by atoms with van der Waals surface area (Å²) < 4.78 is 26.4. The molecule has 4 N–H and O–H groups in total. The van der Waals surface area contributed by atoms with Gasteiger partial charge in [-0.25, -0.2) is 0 Å². The Morgan fingerprint density at radius 1 is 0.692 bits per heavy atom. The van der Waals surface area contributed by atoms with E-state index in [4.69, 9.17) is 34.5 Å². The van der Waals surface area contributed by atoms with Crippen molar-refractivity contribution in [3.63, 3.8) is 0 Å². The smallest absolute Gasteiger partial charge is 0.303 e. The number of amides is 1. The highest BCUT2D eigenvalue weighted by atomic mass is 16.6. The van der Waals surface area contributed by atoms with E-state index in [1.807, 2.05) is 0 Å². The molecule has 26 heavy (non-hydrogen) atoms. The third kappa shape index (κ3) is 20.7. The van der Waals surface area contributed by atoms with Gasteiger partial charge in [-0.1, -0.05) is 0 Å². The Labute approximate surface area is 154 Å². The molecule has 0 aliphatic heterocycles. The second-order valence-corrected chi connectivity index (χ2v) is 5.09. The first-order valence-corrected chi connectivity index (χ1v) is 8.74. The van der Waals surface area contributed by atoms with Crippen LogP contribution in [-0.4, -0.2) is 96.1 Å². The Kier molecular flexibility index (Phi) is 19.0. The highest BCUT2D eigenvalue weighted by Gasteiger charge is 2.04. The van der Waals surface area contributed by atoms with Crippen molar-refractivity contribution in [2.75, 3.05) is 79.2 Å². The molecule has 0 aromatic heterocycles. The fourth-order valence-electron chi connectivity index (χ4n) is 1.64. The van der Waals surface area contributed by atoms with Crippen molar-refractivity contribution in [2.45, 2.75) is 12.8 Å². The number of carboxylic acids is 1. The molecule has 1 amide bonds. The lowest BCUT2D eigenvalue weighted by Gasteiger charge is -2.08. The highest BCUT2D eigenvalue weighted by Crippen LogP contribution is 1.88. The lowest BCUT2D eigenvalue weighted by Crippen LogP contribution is -2.27. The van der Waals surface area contributed by atoms with Crippen LogP contribution in [0.2, 0.25) is 0 Å². The number of nitrogens with two attached hydrogens (primary N) is 1. The van der Waals surface area contributed by atoms with E-state index in [0.29, 0.717) is 79.2 Å². The summed E-state index contributed by atoms with van der Waals surface area (Å²) in [6.45, 7) is 5.62. The van der Waals surface area contributed by atoms with E-state index in [1.54, 1.807) is 0 Å². The van der Waals surface area contributed by atoms with E-state index < -0.39 is 5.97 Å². The molecule has 0 atom stereocenters. The maximum absolute atomic E-state index is 11.2. The normalized spacial score (nSPS) is 10.8. The first-order chi connectivity index (χ1) is 12.7.